The number of esters is 4. The van der Waals surface area contributed by atoms with Gasteiger partial charge in [0.05, 0.1) is 26.4 Å². The van der Waals surface area contributed by atoms with E-state index in [0.717, 1.165) is 95.8 Å². The van der Waals surface area contributed by atoms with E-state index in [1.165, 1.54) is 308 Å². The van der Waals surface area contributed by atoms with E-state index in [-0.39, 0.29) is 25.7 Å². The van der Waals surface area contributed by atoms with Gasteiger partial charge in [-0.25, -0.2) is 9.13 Å². The molecule has 0 saturated heterocycles. The minimum absolute atomic E-state index is 0.108. The van der Waals surface area contributed by atoms with Gasteiger partial charge < -0.3 is 33.8 Å². The SMILES string of the molecule is CCCCCCCCCCCCCCCCCCCCCCCC(=O)OC[C@H](COP(=O)(O)OC[C@@H](O)COP(=O)(O)OC[C@@H](COC(=O)CCCCCCCCCCCCC)OC(=O)CCCCCCCCCCCCCCC(C)C)OC(=O)CCCCCCCCCCCCCCCCCCCCCCC. The largest absolute Gasteiger partial charge is 0.472 e. The van der Waals surface area contributed by atoms with Crippen LogP contribution in [0.15, 0.2) is 0 Å². The Labute approximate surface area is 664 Å². The van der Waals surface area contributed by atoms with Gasteiger partial charge in [-0.3, -0.25) is 37.3 Å². The Kier molecular flexibility index (Phi) is 80.2. The molecule has 642 valence electrons. The van der Waals surface area contributed by atoms with Crippen LogP contribution in [0.25, 0.3) is 0 Å². The first-order valence-electron chi connectivity index (χ1n) is 46.1. The van der Waals surface area contributed by atoms with E-state index in [1.54, 1.807) is 0 Å². The lowest BCUT2D eigenvalue weighted by molar-refractivity contribution is -0.161. The summed E-state index contributed by atoms with van der Waals surface area (Å²) in [5.41, 5.74) is 0. The molecule has 0 aromatic heterocycles. The summed E-state index contributed by atoms with van der Waals surface area (Å²) < 4.78 is 69.0. The van der Waals surface area contributed by atoms with Gasteiger partial charge in [-0.15, -0.1) is 0 Å². The van der Waals surface area contributed by atoms with Crippen LogP contribution in [0.3, 0.4) is 0 Å². The summed E-state index contributed by atoms with van der Waals surface area (Å²) in [4.78, 5) is 73.3. The van der Waals surface area contributed by atoms with Crippen LogP contribution in [0.1, 0.15) is 484 Å². The van der Waals surface area contributed by atoms with E-state index in [0.29, 0.717) is 25.7 Å². The number of hydrogen-bond acceptors (Lipinski definition) is 15. The Bertz CT molecular complexity index is 2050. The summed E-state index contributed by atoms with van der Waals surface area (Å²) in [5.74, 6) is -1.32. The van der Waals surface area contributed by atoms with Gasteiger partial charge in [0, 0.05) is 25.7 Å². The average molecular weight is 1580 g/mol. The van der Waals surface area contributed by atoms with Gasteiger partial charge in [-0.05, 0) is 31.6 Å². The van der Waals surface area contributed by atoms with E-state index < -0.39 is 97.5 Å². The normalized spacial score (nSPS) is 13.7. The van der Waals surface area contributed by atoms with Crippen LogP contribution in [0.2, 0.25) is 0 Å². The number of unbranched alkanes of at least 4 members (excludes halogenated alkanes) is 61. The number of carbonyl (C=O) groups excluding carboxylic acids is 4. The Morgan fingerprint density at radius 2 is 0.426 bits per heavy atom. The fraction of sp³-hybridized carbons (Fsp3) is 0.955. The molecule has 2 unspecified atom stereocenters. The highest BCUT2D eigenvalue weighted by molar-refractivity contribution is 7.47. The summed E-state index contributed by atoms with van der Waals surface area (Å²) >= 11 is 0. The maximum Gasteiger partial charge on any atom is 0.472 e. The highest BCUT2D eigenvalue weighted by atomic mass is 31.2. The number of carbonyl (C=O) groups is 4. The third-order valence-electron chi connectivity index (χ3n) is 21.0. The molecule has 0 rings (SSSR count). The first kappa shape index (κ1) is 106. The van der Waals surface area contributed by atoms with E-state index in [4.69, 9.17) is 37.0 Å². The van der Waals surface area contributed by atoms with Crippen LogP contribution in [-0.4, -0.2) is 96.7 Å². The highest BCUT2D eigenvalue weighted by Crippen LogP contribution is 2.45. The zero-order valence-corrected chi connectivity index (χ0v) is 72.8. The quantitative estimate of drug-likeness (QED) is 0.0222. The zero-order valence-electron chi connectivity index (χ0n) is 71.0. The molecule has 0 spiro atoms. The minimum Gasteiger partial charge on any atom is -0.462 e. The third-order valence-corrected chi connectivity index (χ3v) is 22.9. The Balaban J connectivity index is 5.22. The van der Waals surface area contributed by atoms with Gasteiger partial charge in [-0.2, -0.15) is 0 Å². The van der Waals surface area contributed by atoms with Crippen molar-refractivity contribution in [3.63, 3.8) is 0 Å². The molecule has 0 aliphatic rings. The van der Waals surface area contributed by atoms with Crippen LogP contribution in [0.5, 0.6) is 0 Å². The van der Waals surface area contributed by atoms with Crippen molar-refractivity contribution in [1.82, 2.24) is 0 Å². The predicted molar refractivity (Wildman–Crippen MR) is 446 cm³/mol. The number of phosphoric acid groups is 2. The first-order valence-corrected chi connectivity index (χ1v) is 49.1. The molecule has 0 aromatic rings. The number of rotatable bonds is 89. The van der Waals surface area contributed by atoms with Crippen molar-refractivity contribution in [2.75, 3.05) is 39.6 Å². The van der Waals surface area contributed by atoms with Crippen LogP contribution >= 0.6 is 15.6 Å². The van der Waals surface area contributed by atoms with Gasteiger partial charge in [0.15, 0.2) is 12.2 Å². The van der Waals surface area contributed by atoms with Crippen LogP contribution in [-0.2, 0) is 65.4 Å². The summed E-state index contributed by atoms with van der Waals surface area (Å²) in [5, 5.41) is 10.7. The molecule has 0 heterocycles. The second-order valence-electron chi connectivity index (χ2n) is 32.5. The number of phosphoric ester groups is 2. The number of aliphatic hydroxyl groups excluding tert-OH is 1. The molecule has 108 heavy (non-hydrogen) atoms. The van der Waals surface area contributed by atoms with E-state index in [2.05, 4.69) is 34.6 Å². The molecule has 0 aliphatic carbocycles. The van der Waals surface area contributed by atoms with Gasteiger partial charge in [0.25, 0.3) is 0 Å². The van der Waals surface area contributed by atoms with E-state index in [9.17, 15) is 43.2 Å². The topological polar surface area (TPSA) is 237 Å². The second kappa shape index (κ2) is 81.6. The molecule has 0 amide bonds. The summed E-state index contributed by atoms with van der Waals surface area (Å²) in [6, 6.07) is 0. The summed E-state index contributed by atoms with van der Waals surface area (Å²) in [6.45, 7) is 7.38. The fourth-order valence-corrected chi connectivity index (χ4v) is 15.6. The Morgan fingerprint density at radius 3 is 0.630 bits per heavy atom. The third kappa shape index (κ3) is 82.1. The molecular weight excluding hydrogens is 1400 g/mol. The average Bonchev–Trinajstić information content (AvgIpc) is 0.899. The van der Waals surface area contributed by atoms with Crippen molar-refractivity contribution < 1.29 is 80.2 Å². The summed E-state index contributed by atoms with van der Waals surface area (Å²) in [6.07, 6.45) is 76.5. The molecule has 19 heteroatoms. The number of aliphatic hydroxyl groups is 1. The maximum atomic E-state index is 13.2. The molecular formula is C89H174O17P2. The lowest BCUT2D eigenvalue weighted by atomic mass is 10.0. The Hall–Kier alpha value is -1.94. The molecule has 0 aliphatic heterocycles. The Morgan fingerprint density at radius 1 is 0.250 bits per heavy atom. The standard InChI is InChI=1S/C89H174O17P2/c1-6-9-12-15-18-21-24-26-28-30-32-34-36-38-40-42-48-53-58-63-68-73-87(92)100-79-85(105-88(93)74-69-64-59-54-49-43-41-39-37-35-33-31-29-27-25-22-19-16-13-10-7-2)81-104-108(97,98)102-77-83(90)76-101-107(95,96)103-80-84(78-99-86(91)72-67-62-57-52-46-23-20-17-14-11-8-3)106-89(94)75-70-65-60-55-50-45-44-47-51-56-61-66-71-82(4)5/h82-85,90H,6-81H2,1-5H3,(H,95,96)(H,97,98)/t83-,84+,85+/m0/s1. The van der Waals surface area contributed by atoms with Gasteiger partial charge in [-0.1, -0.05) is 433 Å². The van der Waals surface area contributed by atoms with Gasteiger partial charge >= 0.3 is 39.5 Å². The van der Waals surface area contributed by atoms with Crippen molar-refractivity contribution in [1.29, 1.82) is 0 Å². The van der Waals surface area contributed by atoms with Crippen molar-refractivity contribution in [2.45, 2.75) is 502 Å². The van der Waals surface area contributed by atoms with Crippen molar-refractivity contribution >= 4 is 39.5 Å². The molecule has 0 radical (unpaired) electrons. The molecule has 0 fully saturated rings. The van der Waals surface area contributed by atoms with Crippen LogP contribution in [0, 0.1) is 5.92 Å². The maximum absolute atomic E-state index is 13.2. The monoisotopic (exact) mass is 1580 g/mol. The molecule has 5 atom stereocenters. The second-order valence-corrected chi connectivity index (χ2v) is 35.4. The molecule has 17 nitrogen and oxygen atoms in total. The van der Waals surface area contributed by atoms with Gasteiger partial charge in [0.1, 0.15) is 19.3 Å². The van der Waals surface area contributed by atoms with Crippen molar-refractivity contribution in [3.8, 4) is 0 Å². The lowest BCUT2D eigenvalue weighted by Crippen LogP contribution is -2.30. The summed E-state index contributed by atoms with van der Waals surface area (Å²) in [7, 11) is -9.93. The van der Waals surface area contributed by atoms with Gasteiger partial charge in [0.2, 0.25) is 0 Å². The number of hydrogen-bond donors (Lipinski definition) is 3. The number of ether oxygens (including phenoxy) is 4. The molecule has 0 saturated carbocycles. The first-order chi connectivity index (χ1) is 52.5. The molecule has 3 N–H and O–H groups in total. The van der Waals surface area contributed by atoms with Crippen molar-refractivity contribution in [3.05, 3.63) is 0 Å². The predicted octanol–water partition coefficient (Wildman–Crippen LogP) is 27.5. The van der Waals surface area contributed by atoms with Crippen LogP contribution < -0.4 is 0 Å². The molecule has 0 aromatic carbocycles. The van der Waals surface area contributed by atoms with Crippen LogP contribution in [0.4, 0.5) is 0 Å². The van der Waals surface area contributed by atoms with Crippen molar-refractivity contribution in [2.24, 2.45) is 5.92 Å². The van der Waals surface area contributed by atoms with E-state index >= 15 is 0 Å². The lowest BCUT2D eigenvalue weighted by Gasteiger charge is -2.21. The minimum atomic E-state index is -4.97. The van der Waals surface area contributed by atoms with E-state index in [1.807, 2.05) is 0 Å². The molecule has 0 bridgehead atoms. The zero-order chi connectivity index (χ0) is 79.0. The smallest absolute Gasteiger partial charge is 0.462 e. The highest BCUT2D eigenvalue weighted by Gasteiger charge is 2.30. The fourth-order valence-electron chi connectivity index (χ4n) is 14.0.